The van der Waals surface area contributed by atoms with Gasteiger partial charge in [0.1, 0.15) is 21.8 Å². The molecule has 20 heavy (non-hydrogen) atoms. The molecule has 0 aliphatic carbocycles. The number of carbonyl (C=O) groups is 1. The summed E-state index contributed by atoms with van der Waals surface area (Å²) < 4.78 is 28.1. The van der Waals surface area contributed by atoms with Gasteiger partial charge in [-0.1, -0.05) is 6.07 Å². The lowest BCUT2D eigenvalue weighted by Gasteiger charge is -2.10. The molecule has 1 aromatic carbocycles. The normalized spacial score (nSPS) is 10.4. The molecule has 2 aromatic rings. The number of nitrogens with zero attached hydrogens (tertiary/aromatic N) is 1. The van der Waals surface area contributed by atoms with Crippen molar-refractivity contribution in [2.45, 2.75) is 13.8 Å². The van der Waals surface area contributed by atoms with Crippen LogP contribution in [-0.2, 0) is 0 Å². The van der Waals surface area contributed by atoms with Crippen molar-refractivity contribution < 1.29 is 13.6 Å². The van der Waals surface area contributed by atoms with Crippen LogP contribution in [0, 0.1) is 25.5 Å². The van der Waals surface area contributed by atoms with E-state index in [9.17, 15) is 13.6 Å². The van der Waals surface area contributed by atoms with Crippen molar-refractivity contribution in [1.29, 1.82) is 0 Å². The summed E-state index contributed by atoms with van der Waals surface area (Å²) in [5.41, 5.74) is 0.564. The lowest BCUT2D eigenvalue weighted by Crippen LogP contribution is -2.17. The molecule has 1 heterocycles. The van der Waals surface area contributed by atoms with Gasteiger partial charge in [-0.25, -0.2) is 13.8 Å². The summed E-state index contributed by atoms with van der Waals surface area (Å²) in [6.07, 6.45) is 0. The van der Waals surface area contributed by atoms with Crippen LogP contribution in [0.4, 0.5) is 14.5 Å². The molecule has 0 bridgehead atoms. The Morgan fingerprint density at radius 3 is 2.55 bits per heavy atom. The fraction of sp³-hybridized carbons (Fsp3) is 0.143. The summed E-state index contributed by atoms with van der Waals surface area (Å²) in [5, 5.41) is 2.46. The van der Waals surface area contributed by atoms with Gasteiger partial charge in [0.25, 0.3) is 5.91 Å². The van der Waals surface area contributed by atoms with Gasteiger partial charge < -0.3 is 5.32 Å². The zero-order valence-electron chi connectivity index (χ0n) is 10.8. The van der Waals surface area contributed by atoms with Crippen LogP contribution in [0.2, 0.25) is 0 Å². The van der Waals surface area contributed by atoms with Crippen LogP contribution in [0.5, 0.6) is 0 Å². The van der Waals surface area contributed by atoms with E-state index in [0.717, 1.165) is 6.07 Å². The summed E-state index contributed by atoms with van der Waals surface area (Å²) in [5.74, 6) is -2.59. The molecule has 6 heteroatoms. The Kier molecular flexibility index (Phi) is 4.13. The molecule has 0 aliphatic rings. The van der Waals surface area contributed by atoms with Gasteiger partial charge >= 0.3 is 0 Å². The average Bonchev–Trinajstić information content (AvgIpc) is 2.38. The predicted octanol–water partition coefficient (Wildman–Crippen LogP) is 3.99. The van der Waals surface area contributed by atoms with Crippen LogP contribution in [0.1, 0.15) is 21.6 Å². The highest BCUT2D eigenvalue weighted by atomic mass is 79.9. The fourth-order valence-corrected chi connectivity index (χ4v) is 2.11. The molecule has 0 atom stereocenters. The van der Waals surface area contributed by atoms with Gasteiger partial charge in [0, 0.05) is 0 Å². The molecule has 0 saturated heterocycles. The quantitative estimate of drug-likeness (QED) is 0.840. The van der Waals surface area contributed by atoms with Crippen LogP contribution < -0.4 is 5.32 Å². The molecular formula is C14H11BrF2N2O. The first-order valence-electron chi connectivity index (χ1n) is 5.79. The van der Waals surface area contributed by atoms with E-state index in [4.69, 9.17) is 0 Å². The zero-order valence-corrected chi connectivity index (χ0v) is 12.4. The number of hydrogen-bond acceptors (Lipinski definition) is 2. The molecule has 1 aromatic heterocycles. The van der Waals surface area contributed by atoms with Gasteiger partial charge in [0.2, 0.25) is 0 Å². The maximum Gasteiger partial charge on any atom is 0.261 e. The smallest absolute Gasteiger partial charge is 0.261 e. The topological polar surface area (TPSA) is 42.0 Å². The lowest BCUT2D eigenvalue weighted by atomic mass is 10.1. The van der Waals surface area contributed by atoms with E-state index in [0.29, 0.717) is 16.0 Å². The average molecular weight is 341 g/mol. The first kappa shape index (κ1) is 14.6. The lowest BCUT2D eigenvalue weighted by molar-refractivity contribution is 0.101. The number of hydrogen-bond donors (Lipinski definition) is 1. The Balaban J connectivity index is 2.36. The molecule has 3 nitrogen and oxygen atoms in total. The summed E-state index contributed by atoms with van der Waals surface area (Å²) >= 11 is 3.20. The van der Waals surface area contributed by atoms with Crippen LogP contribution in [-0.4, -0.2) is 10.9 Å². The Morgan fingerprint density at radius 1 is 1.20 bits per heavy atom. The molecule has 0 spiro atoms. The molecule has 0 unspecified atom stereocenters. The van der Waals surface area contributed by atoms with Gasteiger partial charge in [-0.15, -0.1) is 0 Å². The largest absolute Gasteiger partial charge is 0.320 e. The van der Waals surface area contributed by atoms with E-state index in [-0.39, 0.29) is 5.56 Å². The van der Waals surface area contributed by atoms with E-state index in [1.165, 1.54) is 13.0 Å². The maximum absolute atomic E-state index is 13.9. The first-order valence-corrected chi connectivity index (χ1v) is 6.58. The minimum absolute atomic E-state index is 0.210. The first-order chi connectivity index (χ1) is 9.40. The summed E-state index contributed by atoms with van der Waals surface area (Å²) in [4.78, 5) is 16.1. The maximum atomic E-state index is 13.9. The number of halogens is 3. The number of aryl methyl sites for hydroxylation is 2. The SMILES string of the molecule is Cc1ccc(F)c(C(=O)Nc2ccc(Br)nc2C)c1F. The van der Waals surface area contributed by atoms with Crippen molar-refractivity contribution >= 4 is 27.5 Å². The van der Waals surface area contributed by atoms with Crippen molar-refractivity contribution in [2.24, 2.45) is 0 Å². The third-order valence-corrected chi connectivity index (χ3v) is 3.25. The molecule has 0 radical (unpaired) electrons. The van der Waals surface area contributed by atoms with Gasteiger partial charge in [-0.05, 0) is 53.5 Å². The molecule has 0 aliphatic heterocycles. The highest BCUT2D eigenvalue weighted by Crippen LogP contribution is 2.20. The number of pyridine rings is 1. The van der Waals surface area contributed by atoms with Gasteiger partial charge in [0.05, 0.1) is 11.4 Å². The molecule has 1 N–H and O–H groups in total. The Morgan fingerprint density at radius 2 is 1.90 bits per heavy atom. The zero-order chi connectivity index (χ0) is 14.9. The highest BCUT2D eigenvalue weighted by Gasteiger charge is 2.19. The monoisotopic (exact) mass is 340 g/mol. The van der Waals surface area contributed by atoms with E-state index >= 15 is 0 Å². The van der Waals surface area contributed by atoms with E-state index < -0.39 is 23.1 Å². The molecular weight excluding hydrogens is 330 g/mol. The van der Waals surface area contributed by atoms with E-state index in [2.05, 4.69) is 26.2 Å². The second kappa shape index (κ2) is 5.66. The third-order valence-electron chi connectivity index (χ3n) is 2.81. The van der Waals surface area contributed by atoms with E-state index in [1.54, 1.807) is 19.1 Å². The van der Waals surface area contributed by atoms with Crippen molar-refractivity contribution in [3.63, 3.8) is 0 Å². The molecule has 104 valence electrons. The van der Waals surface area contributed by atoms with Crippen molar-refractivity contribution in [2.75, 3.05) is 5.32 Å². The molecule has 0 saturated carbocycles. The number of nitrogens with one attached hydrogen (secondary N) is 1. The fourth-order valence-electron chi connectivity index (χ4n) is 1.71. The minimum Gasteiger partial charge on any atom is -0.320 e. The van der Waals surface area contributed by atoms with Crippen LogP contribution in [0.25, 0.3) is 0 Å². The highest BCUT2D eigenvalue weighted by molar-refractivity contribution is 9.10. The number of amides is 1. The Bertz CT molecular complexity index is 689. The van der Waals surface area contributed by atoms with Gasteiger partial charge in [-0.3, -0.25) is 4.79 Å². The van der Waals surface area contributed by atoms with Crippen molar-refractivity contribution in [1.82, 2.24) is 4.98 Å². The second-order valence-corrected chi connectivity index (χ2v) is 5.09. The Labute approximate surface area is 123 Å². The number of rotatable bonds is 2. The molecule has 1 amide bonds. The van der Waals surface area contributed by atoms with Crippen LogP contribution >= 0.6 is 15.9 Å². The molecule has 0 fully saturated rings. The number of carbonyl (C=O) groups excluding carboxylic acids is 1. The van der Waals surface area contributed by atoms with Crippen LogP contribution in [0.15, 0.2) is 28.9 Å². The number of aromatic nitrogens is 1. The summed E-state index contributed by atoms with van der Waals surface area (Å²) in [6, 6.07) is 5.59. The van der Waals surface area contributed by atoms with Gasteiger partial charge in [0.15, 0.2) is 0 Å². The van der Waals surface area contributed by atoms with Crippen molar-refractivity contribution in [3.05, 3.63) is 57.3 Å². The predicted molar refractivity (Wildman–Crippen MR) is 75.7 cm³/mol. The standard InChI is InChI=1S/C14H11BrF2N2O/c1-7-3-4-9(16)12(13(7)17)14(20)19-10-5-6-11(15)18-8(10)2/h3-6H,1-2H3,(H,19,20). The van der Waals surface area contributed by atoms with E-state index in [1.807, 2.05) is 0 Å². The number of benzene rings is 1. The summed E-state index contributed by atoms with van der Waals surface area (Å²) in [7, 11) is 0. The Hall–Kier alpha value is -1.82. The number of anilines is 1. The molecule has 2 rings (SSSR count). The third kappa shape index (κ3) is 2.85. The van der Waals surface area contributed by atoms with Gasteiger partial charge in [-0.2, -0.15) is 0 Å². The van der Waals surface area contributed by atoms with Crippen molar-refractivity contribution in [3.8, 4) is 0 Å². The minimum atomic E-state index is -0.895. The summed E-state index contributed by atoms with van der Waals surface area (Å²) in [6.45, 7) is 3.15. The second-order valence-electron chi connectivity index (χ2n) is 4.27. The van der Waals surface area contributed by atoms with Crippen LogP contribution in [0.3, 0.4) is 0 Å².